The molecule has 6 nitrogen and oxygen atoms in total. The average molecular weight is 397 g/mol. The van der Waals surface area contributed by atoms with Gasteiger partial charge in [0.15, 0.2) is 0 Å². The predicted molar refractivity (Wildman–Crippen MR) is 112 cm³/mol. The van der Waals surface area contributed by atoms with E-state index in [0.717, 1.165) is 47.7 Å². The molecule has 1 aliphatic carbocycles. The van der Waals surface area contributed by atoms with Gasteiger partial charge in [0.05, 0.1) is 18.5 Å². The van der Waals surface area contributed by atoms with Gasteiger partial charge in [-0.15, -0.1) is 11.3 Å². The number of nitrogens with zero attached hydrogens (tertiary/aromatic N) is 2. The third-order valence-electron chi connectivity index (χ3n) is 5.79. The number of anilines is 2. The van der Waals surface area contributed by atoms with Gasteiger partial charge in [0.25, 0.3) is 5.91 Å². The molecule has 0 unspecified atom stereocenters. The van der Waals surface area contributed by atoms with E-state index in [9.17, 15) is 4.79 Å². The summed E-state index contributed by atoms with van der Waals surface area (Å²) in [6, 6.07) is 3.65. The average Bonchev–Trinajstić information content (AvgIpc) is 3.47. The number of nitrogens with two attached hydrogens (primary N) is 1. The van der Waals surface area contributed by atoms with Crippen LogP contribution >= 0.6 is 11.3 Å². The molecule has 0 radical (unpaired) electrons. The van der Waals surface area contributed by atoms with E-state index in [-0.39, 0.29) is 5.91 Å². The smallest absolute Gasteiger partial charge is 0.263 e. The molecule has 7 heteroatoms. The van der Waals surface area contributed by atoms with E-state index in [0.29, 0.717) is 17.1 Å². The summed E-state index contributed by atoms with van der Waals surface area (Å²) in [6.45, 7) is 2.49. The number of hydrogen-bond acceptors (Lipinski definition) is 6. The number of aryl methyl sites for hydroxylation is 1. The third-order valence-corrected chi connectivity index (χ3v) is 6.89. The van der Waals surface area contributed by atoms with Crippen LogP contribution in [0.1, 0.15) is 52.2 Å². The van der Waals surface area contributed by atoms with Crippen molar-refractivity contribution in [3.05, 3.63) is 40.2 Å². The van der Waals surface area contributed by atoms with Crippen molar-refractivity contribution in [2.75, 3.05) is 23.7 Å². The van der Waals surface area contributed by atoms with Crippen molar-refractivity contribution in [1.29, 1.82) is 0 Å². The van der Waals surface area contributed by atoms with Crippen LogP contribution in [0.4, 0.5) is 11.5 Å². The minimum atomic E-state index is -0.163. The summed E-state index contributed by atoms with van der Waals surface area (Å²) in [4.78, 5) is 21.6. The fourth-order valence-corrected chi connectivity index (χ4v) is 5.45. The molecule has 1 aliphatic heterocycles. The van der Waals surface area contributed by atoms with Gasteiger partial charge in [-0.3, -0.25) is 4.79 Å². The molecule has 146 valence electrons. The maximum Gasteiger partial charge on any atom is 0.263 e. The molecule has 1 fully saturated rings. The first-order valence-corrected chi connectivity index (χ1v) is 10.8. The van der Waals surface area contributed by atoms with Gasteiger partial charge in [-0.2, -0.15) is 0 Å². The van der Waals surface area contributed by atoms with Crippen molar-refractivity contribution in [1.82, 2.24) is 10.3 Å². The quantitative estimate of drug-likeness (QED) is 0.699. The van der Waals surface area contributed by atoms with Crippen LogP contribution < -0.4 is 16.0 Å². The molecule has 0 bridgehead atoms. The number of furan rings is 1. The Morgan fingerprint density at radius 2 is 2.00 bits per heavy atom. The molecule has 3 N–H and O–H groups in total. The maximum atomic E-state index is 12.8. The monoisotopic (exact) mass is 396 g/mol. The van der Waals surface area contributed by atoms with Gasteiger partial charge in [0, 0.05) is 18.5 Å². The maximum absolute atomic E-state index is 12.8. The van der Waals surface area contributed by atoms with E-state index in [4.69, 9.17) is 15.1 Å². The SMILES string of the molecule is Nc1c(C(=O)NCc2ccco2)sc2nc(N3CCCC3)c3c(c12)CCCC3. The number of thiophene rings is 1. The normalized spacial score (nSPS) is 16.5. The molecule has 0 spiro atoms. The van der Waals surface area contributed by atoms with Gasteiger partial charge < -0.3 is 20.4 Å². The summed E-state index contributed by atoms with van der Waals surface area (Å²) in [5.41, 5.74) is 9.74. The minimum absolute atomic E-state index is 0.163. The van der Waals surface area contributed by atoms with Gasteiger partial charge in [0.1, 0.15) is 21.3 Å². The van der Waals surface area contributed by atoms with E-state index in [1.54, 1.807) is 6.26 Å². The molecule has 5 rings (SSSR count). The Bertz CT molecular complexity index is 1020. The minimum Gasteiger partial charge on any atom is -0.467 e. The summed E-state index contributed by atoms with van der Waals surface area (Å²) < 4.78 is 5.30. The number of rotatable bonds is 4. The number of nitrogen functional groups attached to an aromatic ring is 1. The number of hydrogen-bond donors (Lipinski definition) is 2. The summed E-state index contributed by atoms with van der Waals surface area (Å²) in [7, 11) is 0. The van der Waals surface area contributed by atoms with Crippen LogP contribution in [0.5, 0.6) is 0 Å². The molecule has 2 aliphatic rings. The number of amides is 1. The first-order chi connectivity index (χ1) is 13.7. The van der Waals surface area contributed by atoms with Crippen LogP contribution in [-0.4, -0.2) is 24.0 Å². The highest BCUT2D eigenvalue weighted by atomic mass is 32.1. The van der Waals surface area contributed by atoms with Crippen molar-refractivity contribution in [2.24, 2.45) is 0 Å². The van der Waals surface area contributed by atoms with E-state index >= 15 is 0 Å². The molecule has 4 heterocycles. The third kappa shape index (κ3) is 2.94. The molecule has 1 amide bonds. The summed E-state index contributed by atoms with van der Waals surface area (Å²) >= 11 is 1.41. The van der Waals surface area contributed by atoms with Crippen molar-refractivity contribution in [3.8, 4) is 0 Å². The first kappa shape index (κ1) is 17.6. The fourth-order valence-electron chi connectivity index (χ4n) is 4.41. The van der Waals surface area contributed by atoms with Gasteiger partial charge in [0.2, 0.25) is 0 Å². The van der Waals surface area contributed by atoms with Gasteiger partial charge in [-0.1, -0.05) is 0 Å². The number of nitrogens with one attached hydrogen (secondary N) is 1. The van der Waals surface area contributed by atoms with Crippen molar-refractivity contribution in [3.63, 3.8) is 0 Å². The molecule has 28 heavy (non-hydrogen) atoms. The molecule has 0 saturated carbocycles. The zero-order valence-corrected chi connectivity index (χ0v) is 16.6. The Labute approximate surface area is 167 Å². The lowest BCUT2D eigenvalue weighted by atomic mass is 9.89. The fraction of sp³-hybridized carbons (Fsp3) is 0.429. The summed E-state index contributed by atoms with van der Waals surface area (Å²) in [6.07, 6.45) is 8.49. The van der Waals surface area contributed by atoms with E-state index in [1.165, 1.54) is 48.1 Å². The van der Waals surface area contributed by atoms with Crippen LogP contribution in [0.2, 0.25) is 0 Å². The molecular weight excluding hydrogens is 372 g/mol. The Balaban J connectivity index is 1.55. The highest BCUT2D eigenvalue weighted by Crippen LogP contribution is 2.42. The van der Waals surface area contributed by atoms with Crippen LogP contribution in [0, 0.1) is 0 Å². The summed E-state index contributed by atoms with van der Waals surface area (Å²) in [5.74, 6) is 1.69. The van der Waals surface area contributed by atoms with Gasteiger partial charge in [-0.25, -0.2) is 4.98 Å². The number of fused-ring (bicyclic) bond motifs is 3. The molecular formula is C21H24N4O2S. The highest BCUT2D eigenvalue weighted by molar-refractivity contribution is 7.21. The number of aromatic nitrogens is 1. The molecule has 3 aromatic heterocycles. The van der Waals surface area contributed by atoms with Crippen LogP contribution in [0.15, 0.2) is 22.8 Å². The van der Waals surface area contributed by atoms with Gasteiger partial charge in [-0.05, 0) is 61.8 Å². The number of carbonyl (C=O) groups is 1. The molecule has 0 atom stereocenters. The largest absolute Gasteiger partial charge is 0.467 e. The number of pyridine rings is 1. The van der Waals surface area contributed by atoms with Gasteiger partial charge >= 0.3 is 0 Å². The Morgan fingerprint density at radius 3 is 2.75 bits per heavy atom. The van der Waals surface area contributed by atoms with Crippen LogP contribution in [-0.2, 0) is 19.4 Å². The Kier molecular flexibility index (Phi) is 4.47. The van der Waals surface area contributed by atoms with E-state index in [2.05, 4.69) is 10.2 Å². The Morgan fingerprint density at radius 1 is 1.21 bits per heavy atom. The predicted octanol–water partition coefficient (Wildman–Crippen LogP) is 3.88. The number of carbonyl (C=O) groups excluding carboxylic acids is 1. The zero-order valence-electron chi connectivity index (χ0n) is 15.8. The van der Waals surface area contributed by atoms with Crippen molar-refractivity contribution < 1.29 is 9.21 Å². The van der Waals surface area contributed by atoms with E-state index < -0.39 is 0 Å². The Hall–Kier alpha value is -2.54. The van der Waals surface area contributed by atoms with Crippen LogP contribution in [0.25, 0.3) is 10.2 Å². The topological polar surface area (TPSA) is 84.4 Å². The summed E-state index contributed by atoms with van der Waals surface area (Å²) in [5, 5.41) is 3.92. The van der Waals surface area contributed by atoms with E-state index in [1.807, 2.05) is 12.1 Å². The van der Waals surface area contributed by atoms with Crippen LogP contribution in [0.3, 0.4) is 0 Å². The van der Waals surface area contributed by atoms with Crippen molar-refractivity contribution in [2.45, 2.75) is 45.1 Å². The standard InChI is InChI=1S/C21H24N4O2S/c22-17-16-14-7-1-2-8-15(14)19(25-9-3-4-10-25)24-21(16)28-18(17)20(26)23-12-13-6-5-11-27-13/h5-6,11H,1-4,7-10,12,22H2,(H,23,26). The molecule has 3 aromatic rings. The highest BCUT2D eigenvalue weighted by Gasteiger charge is 2.27. The second-order valence-electron chi connectivity index (χ2n) is 7.58. The molecule has 0 aromatic carbocycles. The lowest BCUT2D eigenvalue weighted by Crippen LogP contribution is -2.23. The lowest BCUT2D eigenvalue weighted by molar-refractivity contribution is 0.0953. The zero-order chi connectivity index (χ0) is 19.1. The first-order valence-electron chi connectivity index (χ1n) is 10.0. The lowest BCUT2D eigenvalue weighted by Gasteiger charge is -2.25. The van der Waals surface area contributed by atoms with Crippen molar-refractivity contribution >= 4 is 39.0 Å². The second kappa shape index (κ2) is 7.13. The second-order valence-corrected chi connectivity index (χ2v) is 8.58. The molecule has 1 saturated heterocycles.